The molecule has 1 atom stereocenters. The highest BCUT2D eigenvalue weighted by Crippen LogP contribution is 2.09. The van der Waals surface area contributed by atoms with Gasteiger partial charge in [-0.05, 0) is 12.0 Å². The molecule has 0 bridgehead atoms. The normalized spacial score (nSPS) is 19.8. The summed E-state index contributed by atoms with van der Waals surface area (Å²) in [7, 11) is 0. The van der Waals surface area contributed by atoms with Crippen molar-refractivity contribution in [3.63, 3.8) is 0 Å². The Balaban J connectivity index is 1.81. The van der Waals surface area contributed by atoms with E-state index >= 15 is 0 Å². The van der Waals surface area contributed by atoms with Crippen LogP contribution in [0.3, 0.4) is 0 Å². The molecule has 1 fully saturated rings. The maximum atomic E-state index is 12.0. The Hall–Kier alpha value is -1.39. The minimum Gasteiger partial charge on any atom is -0.394 e. The van der Waals surface area contributed by atoms with Crippen LogP contribution in [-0.4, -0.2) is 48.3 Å². The van der Waals surface area contributed by atoms with Crippen LogP contribution in [0.1, 0.15) is 12.0 Å². The molecule has 1 aromatic rings. The number of amides is 1. The van der Waals surface area contributed by atoms with Crippen molar-refractivity contribution < 1.29 is 14.6 Å². The highest BCUT2D eigenvalue weighted by atomic mass is 16.5. The second-order valence-corrected chi connectivity index (χ2v) is 4.50. The lowest BCUT2D eigenvalue weighted by molar-refractivity contribution is -0.140. The first-order valence-corrected chi connectivity index (χ1v) is 6.34. The summed E-state index contributed by atoms with van der Waals surface area (Å²) >= 11 is 0. The molecule has 1 N–H and O–H groups in total. The standard InChI is InChI=1S/C14H19NO3/c16-11-13-10-15(8-9-18-13)14(17)7-6-12-4-2-1-3-5-12/h1-5,13,16H,6-11H2. The van der Waals surface area contributed by atoms with E-state index in [0.29, 0.717) is 26.1 Å². The lowest BCUT2D eigenvalue weighted by atomic mass is 10.1. The molecule has 4 heteroatoms. The molecule has 0 aromatic heterocycles. The van der Waals surface area contributed by atoms with Crippen LogP contribution in [0.4, 0.5) is 0 Å². The molecule has 0 saturated carbocycles. The highest BCUT2D eigenvalue weighted by molar-refractivity contribution is 5.76. The van der Waals surface area contributed by atoms with Crippen LogP contribution >= 0.6 is 0 Å². The molecule has 1 aliphatic rings. The highest BCUT2D eigenvalue weighted by Gasteiger charge is 2.23. The number of carbonyl (C=O) groups is 1. The SMILES string of the molecule is O=C(CCc1ccccc1)N1CCOC(CO)C1. The second kappa shape index (κ2) is 6.52. The number of ether oxygens (including phenoxy) is 1. The third kappa shape index (κ3) is 3.55. The summed E-state index contributed by atoms with van der Waals surface area (Å²) in [5.41, 5.74) is 1.18. The Morgan fingerprint density at radius 2 is 2.17 bits per heavy atom. The van der Waals surface area contributed by atoms with Crippen LogP contribution < -0.4 is 0 Å². The average molecular weight is 249 g/mol. The third-order valence-corrected chi connectivity index (χ3v) is 3.17. The van der Waals surface area contributed by atoms with Gasteiger partial charge in [-0.15, -0.1) is 0 Å². The van der Waals surface area contributed by atoms with Crippen molar-refractivity contribution in [3.8, 4) is 0 Å². The lowest BCUT2D eigenvalue weighted by Gasteiger charge is -2.32. The molecule has 4 nitrogen and oxygen atoms in total. The van der Waals surface area contributed by atoms with Gasteiger partial charge in [0.15, 0.2) is 0 Å². The van der Waals surface area contributed by atoms with E-state index in [0.717, 1.165) is 6.42 Å². The topological polar surface area (TPSA) is 49.8 Å². The van der Waals surface area contributed by atoms with Gasteiger partial charge < -0.3 is 14.7 Å². The summed E-state index contributed by atoms with van der Waals surface area (Å²) in [6, 6.07) is 10.00. The first-order chi connectivity index (χ1) is 8.79. The maximum Gasteiger partial charge on any atom is 0.223 e. The van der Waals surface area contributed by atoms with Gasteiger partial charge in [0.1, 0.15) is 0 Å². The van der Waals surface area contributed by atoms with Crippen molar-refractivity contribution >= 4 is 5.91 Å². The lowest BCUT2D eigenvalue weighted by Crippen LogP contribution is -2.46. The van der Waals surface area contributed by atoms with E-state index in [4.69, 9.17) is 9.84 Å². The van der Waals surface area contributed by atoms with Gasteiger partial charge in [-0.2, -0.15) is 0 Å². The molecule has 0 aliphatic carbocycles. The van der Waals surface area contributed by atoms with Crippen molar-refractivity contribution in [2.45, 2.75) is 18.9 Å². The zero-order valence-electron chi connectivity index (χ0n) is 10.4. The fourth-order valence-corrected chi connectivity index (χ4v) is 2.11. The van der Waals surface area contributed by atoms with E-state index < -0.39 is 0 Å². The number of morpholine rings is 1. The van der Waals surface area contributed by atoms with Gasteiger partial charge in [0.25, 0.3) is 0 Å². The van der Waals surface area contributed by atoms with Gasteiger partial charge >= 0.3 is 0 Å². The summed E-state index contributed by atoms with van der Waals surface area (Å²) in [6.45, 7) is 1.62. The number of carbonyl (C=O) groups excluding carboxylic acids is 1. The van der Waals surface area contributed by atoms with E-state index in [1.807, 2.05) is 30.3 Å². The third-order valence-electron chi connectivity index (χ3n) is 3.17. The van der Waals surface area contributed by atoms with Crippen molar-refractivity contribution in [2.75, 3.05) is 26.3 Å². The number of nitrogens with zero attached hydrogens (tertiary/aromatic N) is 1. The smallest absolute Gasteiger partial charge is 0.223 e. The Morgan fingerprint density at radius 1 is 1.39 bits per heavy atom. The second-order valence-electron chi connectivity index (χ2n) is 4.50. The van der Waals surface area contributed by atoms with Gasteiger partial charge in [-0.25, -0.2) is 0 Å². The molecule has 0 radical (unpaired) electrons. The maximum absolute atomic E-state index is 12.0. The minimum atomic E-state index is -0.223. The van der Waals surface area contributed by atoms with Crippen molar-refractivity contribution in [1.29, 1.82) is 0 Å². The fraction of sp³-hybridized carbons (Fsp3) is 0.500. The molecule has 1 saturated heterocycles. The number of aryl methyl sites for hydroxylation is 1. The molecule has 1 aliphatic heterocycles. The zero-order valence-corrected chi connectivity index (χ0v) is 10.4. The van der Waals surface area contributed by atoms with Crippen LogP contribution in [0.25, 0.3) is 0 Å². The molecular formula is C14H19NO3. The monoisotopic (exact) mass is 249 g/mol. The number of aliphatic hydroxyl groups excluding tert-OH is 1. The number of hydrogen-bond donors (Lipinski definition) is 1. The molecular weight excluding hydrogens is 230 g/mol. The molecule has 2 rings (SSSR count). The fourth-order valence-electron chi connectivity index (χ4n) is 2.11. The predicted octanol–water partition coefficient (Wildman–Crippen LogP) is 0.839. The van der Waals surface area contributed by atoms with Gasteiger partial charge in [0, 0.05) is 19.5 Å². The number of hydrogen-bond acceptors (Lipinski definition) is 3. The van der Waals surface area contributed by atoms with Crippen molar-refractivity contribution in [1.82, 2.24) is 4.90 Å². The minimum absolute atomic E-state index is 0.0253. The number of aliphatic hydroxyl groups is 1. The Bertz CT molecular complexity index is 380. The summed E-state index contributed by atoms with van der Waals surface area (Å²) in [4.78, 5) is 13.8. The first kappa shape index (κ1) is 13.1. The van der Waals surface area contributed by atoms with Gasteiger partial charge in [0.2, 0.25) is 5.91 Å². The van der Waals surface area contributed by atoms with E-state index in [9.17, 15) is 4.79 Å². The van der Waals surface area contributed by atoms with Crippen LogP contribution in [0.2, 0.25) is 0 Å². The summed E-state index contributed by atoms with van der Waals surface area (Å²) in [5, 5.41) is 9.04. The Morgan fingerprint density at radius 3 is 2.89 bits per heavy atom. The quantitative estimate of drug-likeness (QED) is 0.860. The van der Waals surface area contributed by atoms with Crippen molar-refractivity contribution in [2.24, 2.45) is 0 Å². The molecule has 0 spiro atoms. The van der Waals surface area contributed by atoms with E-state index in [2.05, 4.69) is 0 Å². The van der Waals surface area contributed by atoms with Crippen LogP contribution in [-0.2, 0) is 16.0 Å². The number of benzene rings is 1. The molecule has 1 heterocycles. The molecule has 98 valence electrons. The van der Waals surface area contributed by atoms with Gasteiger partial charge in [-0.3, -0.25) is 4.79 Å². The largest absolute Gasteiger partial charge is 0.394 e. The van der Waals surface area contributed by atoms with Crippen LogP contribution in [0, 0.1) is 0 Å². The predicted molar refractivity (Wildman–Crippen MR) is 68.2 cm³/mol. The molecule has 1 amide bonds. The molecule has 1 aromatic carbocycles. The van der Waals surface area contributed by atoms with Crippen molar-refractivity contribution in [3.05, 3.63) is 35.9 Å². The van der Waals surface area contributed by atoms with Gasteiger partial charge in [-0.1, -0.05) is 30.3 Å². The molecule has 1 unspecified atom stereocenters. The van der Waals surface area contributed by atoms with E-state index in [1.54, 1.807) is 4.90 Å². The van der Waals surface area contributed by atoms with Crippen LogP contribution in [0.15, 0.2) is 30.3 Å². The number of rotatable bonds is 4. The summed E-state index contributed by atoms with van der Waals surface area (Å²) in [5.74, 6) is 0.139. The van der Waals surface area contributed by atoms with Gasteiger partial charge in [0.05, 0.1) is 19.3 Å². The average Bonchev–Trinajstić information content (AvgIpc) is 2.46. The van der Waals surface area contributed by atoms with Crippen LogP contribution in [0.5, 0.6) is 0 Å². The Kier molecular flexibility index (Phi) is 4.73. The summed E-state index contributed by atoms with van der Waals surface area (Å²) < 4.78 is 5.33. The Labute approximate surface area is 107 Å². The van der Waals surface area contributed by atoms with E-state index in [-0.39, 0.29) is 18.6 Å². The zero-order chi connectivity index (χ0) is 12.8. The first-order valence-electron chi connectivity index (χ1n) is 6.34. The molecule has 18 heavy (non-hydrogen) atoms. The summed E-state index contributed by atoms with van der Waals surface area (Å²) in [6.07, 6.45) is 1.06. The van der Waals surface area contributed by atoms with E-state index in [1.165, 1.54) is 5.56 Å².